The van der Waals surface area contributed by atoms with Crippen molar-refractivity contribution in [2.24, 2.45) is 5.41 Å². The molecular weight excluding hydrogens is 252 g/mol. The van der Waals surface area contributed by atoms with Crippen LogP contribution in [0.1, 0.15) is 39.5 Å². The van der Waals surface area contributed by atoms with Crippen molar-refractivity contribution in [1.29, 1.82) is 0 Å². The molecule has 0 amide bonds. The SMILES string of the molecule is C=CC(=O)OC(CC)C(C)(CCCC(=O)O)C(=O)O. The van der Waals surface area contributed by atoms with Crippen LogP contribution < -0.4 is 0 Å². The molecule has 0 rings (SSSR count). The summed E-state index contributed by atoms with van der Waals surface area (Å²) in [6.45, 7) is 6.43. The lowest BCUT2D eigenvalue weighted by Gasteiger charge is -2.32. The molecule has 19 heavy (non-hydrogen) atoms. The molecule has 0 aromatic rings. The van der Waals surface area contributed by atoms with Crippen molar-refractivity contribution in [3.8, 4) is 0 Å². The van der Waals surface area contributed by atoms with Crippen molar-refractivity contribution in [1.82, 2.24) is 0 Å². The molecule has 0 saturated heterocycles. The number of carboxylic acid groups (broad SMARTS) is 2. The fraction of sp³-hybridized carbons (Fsp3) is 0.615. The Morgan fingerprint density at radius 1 is 1.37 bits per heavy atom. The molecule has 108 valence electrons. The van der Waals surface area contributed by atoms with E-state index in [9.17, 15) is 19.5 Å². The summed E-state index contributed by atoms with van der Waals surface area (Å²) in [5.41, 5.74) is -1.30. The third-order valence-corrected chi connectivity index (χ3v) is 3.08. The maximum absolute atomic E-state index is 11.4. The molecule has 0 bridgehead atoms. The van der Waals surface area contributed by atoms with E-state index in [4.69, 9.17) is 9.84 Å². The Labute approximate surface area is 112 Å². The van der Waals surface area contributed by atoms with E-state index >= 15 is 0 Å². The summed E-state index contributed by atoms with van der Waals surface area (Å²) in [5.74, 6) is -2.77. The van der Waals surface area contributed by atoms with Gasteiger partial charge >= 0.3 is 17.9 Å². The van der Waals surface area contributed by atoms with Gasteiger partial charge in [0.05, 0.1) is 0 Å². The molecule has 2 unspecified atom stereocenters. The number of hydrogen-bond donors (Lipinski definition) is 2. The van der Waals surface area contributed by atoms with E-state index in [0.29, 0.717) is 6.42 Å². The monoisotopic (exact) mass is 272 g/mol. The maximum Gasteiger partial charge on any atom is 0.330 e. The number of carboxylic acids is 2. The van der Waals surface area contributed by atoms with Crippen LogP contribution in [0, 0.1) is 5.41 Å². The number of rotatable bonds is 9. The van der Waals surface area contributed by atoms with Gasteiger partial charge in [0.2, 0.25) is 0 Å². The quantitative estimate of drug-likeness (QED) is 0.490. The fourth-order valence-electron chi connectivity index (χ4n) is 1.86. The smallest absolute Gasteiger partial charge is 0.330 e. The van der Waals surface area contributed by atoms with Crippen LogP contribution in [0.15, 0.2) is 12.7 Å². The second kappa shape index (κ2) is 7.56. The van der Waals surface area contributed by atoms with Gasteiger partial charge in [-0.3, -0.25) is 9.59 Å². The summed E-state index contributed by atoms with van der Waals surface area (Å²) in [7, 11) is 0. The van der Waals surface area contributed by atoms with Gasteiger partial charge in [-0.1, -0.05) is 13.5 Å². The van der Waals surface area contributed by atoms with E-state index < -0.39 is 29.4 Å². The van der Waals surface area contributed by atoms with Crippen LogP contribution in [0.3, 0.4) is 0 Å². The van der Waals surface area contributed by atoms with Crippen LogP contribution in [0.5, 0.6) is 0 Å². The van der Waals surface area contributed by atoms with E-state index in [0.717, 1.165) is 6.08 Å². The third kappa shape index (κ3) is 5.11. The van der Waals surface area contributed by atoms with Crippen LogP contribution in [0.25, 0.3) is 0 Å². The number of hydrogen-bond acceptors (Lipinski definition) is 4. The van der Waals surface area contributed by atoms with Crippen LogP contribution in [0.2, 0.25) is 0 Å². The van der Waals surface area contributed by atoms with Gasteiger partial charge in [-0.05, 0) is 26.2 Å². The topological polar surface area (TPSA) is 101 Å². The summed E-state index contributed by atoms with van der Waals surface area (Å²) in [4.78, 5) is 33.1. The molecule has 2 N–H and O–H groups in total. The first-order valence-electron chi connectivity index (χ1n) is 6.06. The molecule has 6 nitrogen and oxygen atoms in total. The lowest BCUT2D eigenvalue weighted by molar-refractivity contribution is -0.166. The second-order valence-corrected chi connectivity index (χ2v) is 4.51. The molecule has 0 aliphatic carbocycles. The van der Waals surface area contributed by atoms with E-state index in [-0.39, 0.29) is 19.3 Å². The highest BCUT2D eigenvalue weighted by molar-refractivity contribution is 5.82. The lowest BCUT2D eigenvalue weighted by atomic mass is 9.78. The Kier molecular flexibility index (Phi) is 6.82. The van der Waals surface area contributed by atoms with Crippen molar-refractivity contribution >= 4 is 17.9 Å². The molecule has 0 saturated carbocycles. The average Bonchev–Trinajstić information content (AvgIpc) is 2.34. The van der Waals surface area contributed by atoms with E-state index in [1.807, 2.05) is 0 Å². The summed E-state index contributed by atoms with van der Waals surface area (Å²) in [5, 5.41) is 17.9. The van der Waals surface area contributed by atoms with Crippen molar-refractivity contribution in [3.05, 3.63) is 12.7 Å². The molecular formula is C13H20O6. The second-order valence-electron chi connectivity index (χ2n) is 4.51. The Morgan fingerprint density at radius 2 is 1.95 bits per heavy atom. The first-order valence-corrected chi connectivity index (χ1v) is 6.06. The normalized spacial score (nSPS) is 15.1. The standard InChI is InChI=1S/C13H20O6/c1-4-9(19-11(16)5-2)13(3,12(17)18)8-6-7-10(14)15/h5,9H,2,4,6-8H2,1,3H3,(H,14,15)(H,17,18). The summed E-state index contributed by atoms with van der Waals surface area (Å²) < 4.78 is 5.05. The van der Waals surface area contributed by atoms with Crippen molar-refractivity contribution in [2.45, 2.75) is 45.6 Å². The predicted octanol–water partition coefficient (Wildman–Crippen LogP) is 1.84. The highest BCUT2D eigenvalue weighted by atomic mass is 16.5. The molecule has 0 fully saturated rings. The average molecular weight is 272 g/mol. The van der Waals surface area contributed by atoms with Gasteiger partial charge in [-0.2, -0.15) is 0 Å². The minimum absolute atomic E-state index is 0.116. The van der Waals surface area contributed by atoms with Gasteiger partial charge in [0, 0.05) is 12.5 Å². The molecule has 0 aliphatic heterocycles. The Morgan fingerprint density at radius 3 is 2.32 bits per heavy atom. The molecule has 2 atom stereocenters. The predicted molar refractivity (Wildman–Crippen MR) is 67.6 cm³/mol. The molecule has 0 heterocycles. The molecule has 0 aliphatic rings. The van der Waals surface area contributed by atoms with E-state index in [2.05, 4.69) is 6.58 Å². The zero-order valence-corrected chi connectivity index (χ0v) is 11.2. The Bertz CT molecular complexity index is 362. The Balaban J connectivity index is 4.90. The minimum atomic E-state index is -1.30. The fourth-order valence-corrected chi connectivity index (χ4v) is 1.86. The summed E-state index contributed by atoms with van der Waals surface area (Å²) in [6.07, 6.45) is 0.703. The highest BCUT2D eigenvalue weighted by Crippen LogP contribution is 2.33. The van der Waals surface area contributed by atoms with Crippen LogP contribution in [-0.2, 0) is 19.1 Å². The first kappa shape index (κ1) is 17.2. The first-order chi connectivity index (χ1) is 8.77. The highest BCUT2D eigenvalue weighted by Gasteiger charge is 2.42. The van der Waals surface area contributed by atoms with Gasteiger partial charge in [-0.25, -0.2) is 4.79 Å². The summed E-state index contributed by atoms with van der Waals surface area (Å²) in [6, 6.07) is 0. The minimum Gasteiger partial charge on any atom is -0.481 e. The number of carbonyl (C=O) groups is 3. The number of aliphatic carboxylic acids is 2. The van der Waals surface area contributed by atoms with Gasteiger partial charge in [0.1, 0.15) is 11.5 Å². The largest absolute Gasteiger partial charge is 0.481 e. The summed E-state index contributed by atoms with van der Waals surface area (Å²) >= 11 is 0. The third-order valence-electron chi connectivity index (χ3n) is 3.08. The lowest BCUT2D eigenvalue weighted by Crippen LogP contribution is -2.42. The zero-order chi connectivity index (χ0) is 15.1. The maximum atomic E-state index is 11.4. The molecule has 0 spiro atoms. The van der Waals surface area contributed by atoms with Gasteiger partial charge in [0.25, 0.3) is 0 Å². The van der Waals surface area contributed by atoms with Crippen molar-refractivity contribution < 1.29 is 29.3 Å². The molecule has 6 heteroatoms. The van der Waals surface area contributed by atoms with Crippen molar-refractivity contribution in [2.75, 3.05) is 0 Å². The van der Waals surface area contributed by atoms with E-state index in [1.165, 1.54) is 6.92 Å². The Hall–Kier alpha value is -1.85. The molecule has 0 radical (unpaired) electrons. The van der Waals surface area contributed by atoms with Gasteiger partial charge in [0.15, 0.2) is 0 Å². The van der Waals surface area contributed by atoms with E-state index in [1.54, 1.807) is 6.92 Å². The van der Waals surface area contributed by atoms with Crippen LogP contribution >= 0.6 is 0 Å². The molecule has 0 aromatic carbocycles. The van der Waals surface area contributed by atoms with Gasteiger partial charge < -0.3 is 14.9 Å². The van der Waals surface area contributed by atoms with Crippen LogP contribution in [-0.4, -0.2) is 34.2 Å². The number of ether oxygens (including phenoxy) is 1. The van der Waals surface area contributed by atoms with Crippen molar-refractivity contribution in [3.63, 3.8) is 0 Å². The zero-order valence-electron chi connectivity index (χ0n) is 11.2. The van der Waals surface area contributed by atoms with Crippen LogP contribution in [0.4, 0.5) is 0 Å². The molecule has 0 aromatic heterocycles. The van der Waals surface area contributed by atoms with Gasteiger partial charge in [-0.15, -0.1) is 0 Å². The number of carbonyl (C=O) groups excluding carboxylic acids is 1. The number of esters is 1.